The second-order valence-corrected chi connectivity index (χ2v) is 6.29. The summed E-state index contributed by atoms with van der Waals surface area (Å²) in [7, 11) is 0. The maximum Gasteiger partial charge on any atom is 0.274 e. The van der Waals surface area contributed by atoms with Crippen molar-refractivity contribution in [2.24, 2.45) is 0 Å². The number of H-pyrrole nitrogens is 1. The van der Waals surface area contributed by atoms with Crippen molar-refractivity contribution in [1.29, 1.82) is 0 Å². The summed E-state index contributed by atoms with van der Waals surface area (Å²) in [5, 5.41) is 10.1. The molecule has 2 amide bonds. The average Bonchev–Trinajstić information content (AvgIpc) is 3.26. The zero-order valence-corrected chi connectivity index (χ0v) is 12.9. The summed E-state index contributed by atoms with van der Waals surface area (Å²) in [5.41, 5.74) is 1.55. The van der Waals surface area contributed by atoms with Crippen LogP contribution in [0.2, 0.25) is 0 Å². The quantitative estimate of drug-likeness (QED) is 0.874. The minimum atomic E-state index is -0.0600. The molecule has 0 bridgehead atoms. The summed E-state index contributed by atoms with van der Waals surface area (Å²) in [6.45, 7) is 1.92. The monoisotopic (exact) mass is 304 g/mol. The first-order valence-corrected chi connectivity index (χ1v) is 8.35. The molecular formula is C16H24N4O2. The van der Waals surface area contributed by atoms with Crippen LogP contribution in [0.5, 0.6) is 0 Å². The Bertz CT molecular complexity index is 536. The SMILES string of the molecule is O=C1CCN(C(=O)c2cc(C3CC3)[nH]n2)CCCCCCN1. The molecule has 1 aromatic heterocycles. The van der Waals surface area contributed by atoms with E-state index >= 15 is 0 Å². The molecule has 2 fully saturated rings. The van der Waals surface area contributed by atoms with Gasteiger partial charge in [-0.3, -0.25) is 14.7 Å². The maximum absolute atomic E-state index is 12.6. The van der Waals surface area contributed by atoms with Crippen LogP contribution in [0.3, 0.4) is 0 Å². The molecule has 2 N–H and O–H groups in total. The van der Waals surface area contributed by atoms with Crippen molar-refractivity contribution in [3.05, 3.63) is 17.5 Å². The predicted molar refractivity (Wildman–Crippen MR) is 82.6 cm³/mol. The Morgan fingerprint density at radius 2 is 2.00 bits per heavy atom. The molecular weight excluding hydrogens is 280 g/mol. The molecule has 0 spiro atoms. The van der Waals surface area contributed by atoms with Gasteiger partial charge in [0, 0.05) is 37.7 Å². The van der Waals surface area contributed by atoms with E-state index in [9.17, 15) is 9.59 Å². The molecule has 1 aromatic rings. The molecule has 22 heavy (non-hydrogen) atoms. The summed E-state index contributed by atoms with van der Waals surface area (Å²) >= 11 is 0. The first kappa shape index (κ1) is 15.1. The normalized spacial score (nSPS) is 21.1. The van der Waals surface area contributed by atoms with Crippen molar-refractivity contribution in [3.63, 3.8) is 0 Å². The van der Waals surface area contributed by atoms with Gasteiger partial charge in [0.1, 0.15) is 5.69 Å². The summed E-state index contributed by atoms with van der Waals surface area (Å²) in [6.07, 6.45) is 6.92. The lowest BCUT2D eigenvalue weighted by atomic mass is 10.2. The zero-order chi connectivity index (χ0) is 15.4. The van der Waals surface area contributed by atoms with Gasteiger partial charge >= 0.3 is 0 Å². The molecule has 0 radical (unpaired) electrons. The van der Waals surface area contributed by atoms with Gasteiger partial charge in [0.25, 0.3) is 5.91 Å². The van der Waals surface area contributed by atoms with E-state index in [1.54, 1.807) is 4.90 Å². The number of aromatic nitrogens is 2. The Morgan fingerprint density at radius 1 is 1.18 bits per heavy atom. The van der Waals surface area contributed by atoms with Crippen LogP contribution in [-0.2, 0) is 4.79 Å². The topological polar surface area (TPSA) is 78.1 Å². The number of rotatable bonds is 2. The van der Waals surface area contributed by atoms with Gasteiger partial charge in [-0.25, -0.2) is 0 Å². The van der Waals surface area contributed by atoms with Crippen LogP contribution < -0.4 is 5.32 Å². The molecule has 120 valence electrons. The lowest BCUT2D eigenvalue weighted by molar-refractivity contribution is -0.121. The largest absolute Gasteiger partial charge is 0.356 e. The van der Waals surface area contributed by atoms with Crippen LogP contribution >= 0.6 is 0 Å². The number of nitrogens with zero attached hydrogens (tertiary/aromatic N) is 2. The van der Waals surface area contributed by atoms with Gasteiger partial charge in [-0.15, -0.1) is 0 Å². The van der Waals surface area contributed by atoms with E-state index in [2.05, 4.69) is 15.5 Å². The standard InChI is InChI=1S/C16H24N4O2/c21-15-7-10-20(9-4-2-1-3-8-17-15)16(22)14-11-13(18-19-14)12-5-6-12/h11-12H,1-10H2,(H,17,21)(H,18,19). The first-order valence-electron chi connectivity index (χ1n) is 8.35. The Labute approximate surface area is 130 Å². The molecule has 1 aliphatic heterocycles. The summed E-state index contributed by atoms with van der Waals surface area (Å²) in [4.78, 5) is 26.1. The molecule has 2 aliphatic rings. The number of amides is 2. The van der Waals surface area contributed by atoms with Gasteiger partial charge in [-0.1, -0.05) is 12.8 Å². The number of aromatic amines is 1. The van der Waals surface area contributed by atoms with Crippen LogP contribution in [0.1, 0.15) is 67.0 Å². The Hall–Kier alpha value is -1.85. The zero-order valence-electron chi connectivity index (χ0n) is 12.9. The third-order valence-corrected chi connectivity index (χ3v) is 4.41. The summed E-state index contributed by atoms with van der Waals surface area (Å²) in [5.74, 6) is 0.526. The van der Waals surface area contributed by atoms with Gasteiger partial charge in [0.2, 0.25) is 5.91 Å². The second-order valence-electron chi connectivity index (χ2n) is 6.29. The molecule has 1 saturated carbocycles. The van der Waals surface area contributed by atoms with E-state index in [1.165, 1.54) is 12.8 Å². The average molecular weight is 304 g/mol. The predicted octanol–water partition coefficient (Wildman–Crippen LogP) is 1.81. The van der Waals surface area contributed by atoms with E-state index in [0.29, 0.717) is 31.1 Å². The highest BCUT2D eigenvalue weighted by Crippen LogP contribution is 2.39. The highest BCUT2D eigenvalue weighted by atomic mass is 16.2. The van der Waals surface area contributed by atoms with Gasteiger partial charge in [-0.2, -0.15) is 5.10 Å². The second kappa shape index (κ2) is 6.94. The summed E-state index contributed by atoms with van der Waals surface area (Å²) in [6, 6.07) is 1.88. The number of carbonyl (C=O) groups is 2. The highest BCUT2D eigenvalue weighted by molar-refractivity contribution is 5.92. The van der Waals surface area contributed by atoms with E-state index in [-0.39, 0.29) is 11.8 Å². The first-order chi connectivity index (χ1) is 10.7. The van der Waals surface area contributed by atoms with Crippen LogP contribution in [0, 0.1) is 0 Å². The number of hydrogen-bond donors (Lipinski definition) is 2. The van der Waals surface area contributed by atoms with Gasteiger partial charge in [-0.05, 0) is 31.7 Å². The van der Waals surface area contributed by atoms with Crippen molar-refractivity contribution < 1.29 is 9.59 Å². The van der Waals surface area contributed by atoms with E-state index in [1.807, 2.05) is 6.07 Å². The minimum Gasteiger partial charge on any atom is -0.356 e. The van der Waals surface area contributed by atoms with Crippen LogP contribution in [0.4, 0.5) is 0 Å². The summed E-state index contributed by atoms with van der Waals surface area (Å²) < 4.78 is 0. The Balaban J connectivity index is 1.64. The fourth-order valence-corrected chi connectivity index (χ4v) is 2.86. The molecule has 0 unspecified atom stereocenters. The van der Waals surface area contributed by atoms with E-state index in [4.69, 9.17) is 0 Å². The van der Waals surface area contributed by atoms with Crippen molar-refractivity contribution in [2.45, 2.75) is 50.9 Å². The molecule has 0 aromatic carbocycles. The number of hydrogen-bond acceptors (Lipinski definition) is 3. The van der Waals surface area contributed by atoms with Crippen LogP contribution in [0.15, 0.2) is 6.07 Å². The minimum absolute atomic E-state index is 0.0281. The van der Waals surface area contributed by atoms with Crippen molar-refractivity contribution >= 4 is 11.8 Å². The molecule has 3 rings (SSSR count). The fraction of sp³-hybridized carbons (Fsp3) is 0.688. The molecule has 1 saturated heterocycles. The van der Waals surface area contributed by atoms with E-state index < -0.39 is 0 Å². The van der Waals surface area contributed by atoms with Crippen molar-refractivity contribution in [2.75, 3.05) is 19.6 Å². The van der Waals surface area contributed by atoms with Crippen molar-refractivity contribution in [1.82, 2.24) is 20.4 Å². The Morgan fingerprint density at radius 3 is 2.82 bits per heavy atom. The Kier molecular flexibility index (Phi) is 4.75. The van der Waals surface area contributed by atoms with Crippen LogP contribution in [0.25, 0.3) is 0 Å². The number of carbonyl (C=O) groups excluding carboxylic acids is 2. The lowest BCUT2D eigenvalue weighted by Crippen LogP contribution is -2.36. The molecule has 0 atom stereocenters. The van der Waals surface area contributed by atoms with Gasteiger partial charge < -0.3 is 10.2 Å². The van der Waals surface area contributed by atoms with Gasteiger partial charge in [0.05, 0.1) is 0 Å². The number of nitrogens with one attached hydrogen (secondary N) is 2. The third-order valence-electron chi connectivity index (χ3n) is 4.41. The van der Waals surface area contributed by atoms with Crippen LogP contribution in [-0.4, -0.2) is 46.5 Å². The maximum atomic E-state index is 12.6. The highest BCUT2D eigenvalue weighted by Gasteiger charge is 2.27. The molecule has 6 nitrogen and oxygen atoms in total. The van der Waals surface area contributed by atoms with Crippen molar-refractivity contribution in [3.8, 4) is 0 Å². The van der Waals surface area contributed by atoms with E-state index in [0.717, 1.165) is 37.9 Å². The molecule has 6 heteroatoms. The third kappa shape index (κ3) is 3.87. The fourth-order valence-electron chi connectivity index (χ4n) is 2.86. The molecule has 1 aliphatic carbocycles. The molecule has 2 heterocycles. The van der Waals surface area contributed by atoms with Gasteiger partial charge in [0.15, 0.2) is 0 Å². The lowest BCUT2D eigenvalue weighted by Gasteiger charge is -2.21. The smallest absolute Gasteiger partial charge is 0.274 e.